The predicted octanol–water partition coefficient (Wildman–Crippen LogP) is 6.38. The number of piperidine rings is 1. The molecule has 1 aliphatic carbocycles. The molecule has 0 bridgehead atoms. The minimum absolute atomic E-state index is 0.0211. The van der Waals surface area contributed by atoms with Crippen molar-refractivity contribution in [3.63, 3.8) is 0 Å². The molecule has 8 heteroatoms. The molecule has 2 aliphatic heterocycles. The summed E-state index contributed by atoms with van der Waals surface area (Å²) in [5.74, 6) is 4.09. The maximum absolute atomic E-state index is 6.47. The topological polar surface area (TPSA) is 60.1 Å². The van der Waals surface area contributed by atoms with Crippen LogP contribution in [0.15, 0.2) is 30.5 Å². The van der Waals surface area contributed by atoms with Crippen molar-refractivity contribution in [3.05, 3.63) is 46.1 Å². The van der Waals surface area contributed by atoms with Gasteiger partial charge in [0.1, 0.15) is 11.5 Å². The largest absolute Gasteiger partial charge is 0.363 e. The summed E-state index contributed by atoms with van der Waals surface area (Å²) < 4.78 is 0. The van der Waals surface area contributed by atoms with Gasteiger partial charge in [-0.15, -0.1) is 0 Å². The van der Waals surface area contributed by atoms with Gasteiger partial charge in [-0.3, -0.25) is 0 Å². The van der Waals surface area contributed by atoms with Gasteiger partial charge in [-0.2, -0.15) is 9.97 Å². The van der Waals surface area contributed by atoms with Crippen LogP contribution in [0.2, 0.25) is 10.0 Å². The average Bonchev–Trinajstić information content (AvgIpc) is 3.25. The minimum atomic E-state index is -0.0211. The fourth-order valence-corrected chi connectivity index (χ4v) is 6.78. The number of anilines is 2. The third-order valence-electron chi connectivity index (χ3n) is 8.40. The lowest BCUT2D eigenvalue weighted by Crippen LogP contribution is -2.56. The Kier molecular flexibility index (Phi) is 6.32. The quantitative estimate of drug-likeness (QED) is 0.400. The van der Waals surface area contributed by atoms with E-state index in [2.05, 4.69) is 33.9 Å². The maximum Gasteiger partial charge on any atom is 0.229 e. The Morgan fingerprint density at radius 2 is 1.91 bits per heavy atom. The molecule has 6 rings (SSSR count). The first kappa shape index (κ1) is 23.4. The molecule has 2 atom stereocenters. The number of benzene rings is 1. The monoisotopic (exact) mass is 512 g/mol. The molecule has 1 saturated carbocycles. The van der Waals surface area contributed by atoms with Crippen LogP contribution < -0.4 is 10.2 Å². The van der Waals surface area contributed by atoms with Crippen molar-refractivity contribution in [1.82, 2.24) is 19.9 Å². The number of H-pyrrole nitrogens is 1. The molecule has 35 heavy (non-hydrogen) atoms. The Morgan fingerprint density at radius 1 is 1.09 bits per heavy atom. The van der Waals surface area contributed by atoms with E-state index in [4.69, 9.17) is 33.2 Å². The molecule has 1 aromatic carbocycles. The summed E-state index contributed by atoms with van der Waals surface area (Å²) >= 11 is 12.6. The molecule has 2 N–H and O–H groups in total. The summed E-state index contributed by atoms with van der Waals surface area (Å²) in [4.78, 5) is 18.2. The predicted molar refractivity (Wildman–Crippen MR) is 145 cm³/mol. The van der Waals surface area contributed by atoms with E-state index >= 15 is 0 Å². The van der Waals surface area contributed by atoms with Crippen molar-refractivity contribution in [2.45, 2.75) is 51.6 Å². The molecule has 2 saturated heterocycles. The molecule has 3 fully saturated rings. The van der Waals surface area contributed by atoms with Crippen molar-refractivity contribution < 1.29 is 0 Å². The van der Waals surface area contributed by atoms with Crippen molar-refractivity contribution in [2.24, 2.45) is 17.8 Å². The standard InChI is InChI=1S/C27H34Cl2N6/c1-16-10-21(11-16)34-9-3-4-18(13-34)19-14-35(15-19)27-32-25-23(7-8-30-25)26(33-27)31-17(2)22-6-5-20(28)12-24(22)29/h5-8,12,16-19,21H,3-4,9-11,13-15H2,1-2H3,(H2,30,31,32,33)/t16?,17-,18+,21?/m1/s1. The Balaban J connectivity index is 1.15. The second kappa shape index (κ2) is 9.45. The van der Waals surface area contributed by atoms with E-state index in [9.17, 15) is 0 Å². The van der Waals surface area contributed by atoms with Crippen LogP contribution in [0.5, 0.6) is 0 Å². The molecule has 0 radical (unpaired) electrons. The van der Waals surface area contributed by atoms with E-state index in [1.165, 1.54) is 38.8 Å². The molecule has 4 heterocycles. The number of aromatic amines is 1. The molecule has 0 amide bonds. The van der Waals surface area contributed by atoms with Gasteiger partial charge in [0.15, 0.2) is 0 Å². The summed E-state index contributed by atoms with van der Waals surface area (Å²) in [5, 5.41) is 5.85. The first-order chi connectivity index (χ1) is 16.9. The van der Waals surface area contributed by atoms with E-state index in [1.807, 2.05) is 24.4 Å². The number of nitrogens with one attached hydrogen (secondary N) is 2. The van der Waals surface area contributed by atoms with Crippen LogP contribution >= 0.6 is 23.2 Å². The Morgan fingerprint density at radius 3 is 2.69 bits per heavy atom. The Labute approximate surface area is 217 Å². The van der Waals surface area contributed by atoms with Crippen LogP contribution in [0.4, 0.5) is 11.8 Å². The molecule has 3 aromatic rings. The fourth-order valence-electron chi connectivity index (χ4n) is 6.21. The number of nitrogens with zero attached hydrogens (tertiary/aromatic N) is 4. The Hall–Kier alpha value is -2.02. The van der Waals surface area contributed by atoms with Gasteiger partial charge in [0.2, 0.25) is 5.95 Å². The van der Waals surface area contributed by atoms with Crippen LogP contribution in [0.25, 0.3) is 11.0 Å². The summed E-state index contributed by atoms with van der Waals surface area (Å²) in [6.45, 7) is 9.14. The van der Waals surface area contributed by atoms with Gasteiger partial charge in [0, 0.05) is 41.9 Å². The summed E-state index contributed by atoms with van der Waals surface area (Å²) in [7, 11) is 0. The highest BCUT2D eigenvalue weighted by Gasteiger charge is 2.40. The van der Waals surface area contributed by atoms with E-state index in [1.54, 1.807) is 6.07 Å². The highest BCUT2D eigenvalue weighted by molar-refractivity contribution is 6.35. The molecular weight excluding hydrogens is 479 g/mol. The molecule has 6 nitrogen and oxygen atoms in total. The minimum Gasteiger partial charge on any atom is -0.363 e. The van der Waals surface area contributed by atoms with Crippen LogP contribution in [0, 0.1) is 17.8 Å². The zero-order valence-electron chi connectivity index (χ0n) is 20.5. The lowest BCUT2D eigenvalue weighted by molar-refractivity contribution is 0.0294. The number of fused-ring (bicyclic) bond motifs is 1. The average molecular weight is 514 g/mol. The van der Waals surface area contributed by atoms with Crippen LogP contribution in [0.1, 0.15) is 51.1 Å². The van der Waals surface area contributed by atoms with Crippen molar-refractivity contribution >= 4 is 46.0 Å². The highest BCUT2D eigenvalue weighted by Crippen LogP contribution is 2.38. The smallest absolute Gasteiger partial charge is 0.229 e. The number of hydrogen-bond acceptors (Lipinski definition) is 5. The first-order valence-corrected chi connectivity index (χ1v) is 13.8. The highest BCUT2D eigenvalue weighted by atomic mass is 35.5. The number of hydrogen-bond donors (Lipinski definition) is 2. The number of rotatable bonds is 6. The maximum atomic E-state index is 6.47. The van der Waals surface area contributed by atoms with Gasteiger partial charge in [-0.25, -0.2) is 0 Å². The second-order valence-electron chi connectivity index (χ2n) is 10.9. The van der Waals surface area contributed by atoms with Gasteiger partial charge >= 0.3 is 0 Å². The second-order valence-corrected chi connectivity index (χ2v) is 11.8. The Bertz CT molecular complexity index is 1200. The summed E-state index contributed by atoms with van der Waals surface area (Å²) in [5.41, 5.74) is 1.85. The lowest BCUT2D eigenvalue weighted by atomic mass is 9.76. The SMILES string of the molecule is CC1CC(N2CCC[C@H](C3CN(c4nc(N[C@H](C)c5ccc(Cl)cc5Cl)c5cc[nH]c5n4)C3)C2)C1. The molecule has 2 aromatic heterocycles. The normalized spacial score (nSPS) is 26.4. The lowest BCUT2D eigenvalue weighted by Gasteiger charge is -2.50. The van der Waals surface area contributed by atoms with E-state index in [0.29, 0.717) is 10.0 Å². The molecule has 3 aliphatic rings. The zero-order chi connectivity index (χ0) is 24.1. The third kappa shape index (κ3) is 4.61. The van der Waals surface area contributed by atoms with Gasteiger partial charge in [-0.1, -0.05) is 36.2 Å². The van der Waals surface area contributed by atoms with Crippen LogP contribution in [0.3, 0.4) is 0 Å². The van der Waals surface area contributed by atoms with Crippen LogP contribution in [-0.2, 0) is 0 Å². The summed E-state index contributed by atoms with van der Waals surface area (Å²) in [6, 6.07) is 8.47. The van der Waals surface area contributed by atoms with E-state index in [-0.39, 0.29) is 6.04 Å². The van der Waals surface area contributed by atoms with Gasteiger partial charge in [0.25, 0.3) is 0 Å². The van der Waals surface area contributed by atoms with Gasteiger partial charge < -0.3 is 20.1 Å². The molecule has 0 unspecified atom stereocenters. The zero-order valence-corrected chi connectivity index (χ0v) is 22.0. The first-order valence-electron chi connectivity index (χ1n) is 13.0. The number of likely N-dealkylation sites (tertiary alicyclic amines) is 1. The van der Waals surface area contributed by atoms with Gasteiger partial charge in [0.05, 0.1) is 11.4 Å². The fraction of sp³-hybridized carbons (Fsp3) is 0.556. The van der Waals surface area contributed by atoms with Crippen molar-refractivity contribution in [3.8, 4) is 0 Å². The molecule has 186 valence electrons. The molecule has 0 spiro atoms. The number of aromatic nitrogens is 3. The van der Waals surface area contributed by atoms with Crippen molar-refractivity contribution in [1.29, 1.82) is 0 Å². The van der Waals surface area contributed by atoms with Crippen molar-refractivity contribution in [2.75, 3.05) is 36.4 Å². The van der Waals surface area contributed by atoms with E-state index in [0.717, 1.165) is 65.2 Å². The third-order valence-corrected chi connectivity index (χ3v) is 8.96. The van der Waals surface area contributed by atoms with E-state index < -0.39 is 0 Å². The van der Waals surface area contributed by atoms with Crippen LogP contribution in [-0.4, -0.2) is 52.1 Å². The number of halogens is 2. The van der Waals surface area contributed by atoms with Gasteiger partial charge in [-0.05, 0) is 80.7 Å². The summed E-state index contributed by atoms with van der Waals surface area (Å²) in [6.07, 6.45) is 7.41. The molecular formula is C27H34Cl2N6.